The van der Waals surface area contributed by atoms with Crippen molar-refractivity contribution in [1.29, 1.82) is 0 Å². The van der Waals surface area contributed by atoms with Gasteiger partial charge in [0.15, 0.2) is 5.96 Å². The standard InChI is InChI=1S/C21H30FN5O/c1-2-23-20(24-10-4-12-27-13-5-11-26-27)25-17-21(8-14-28-15-9-21)18-6-3-7-19(22)16-18/h3,5-7,11,13,16H,2,4,8-10,12,14-15,17H2,1H3,(H2,23,24,25). The molecule has 0 bridgehead atoms. The van der Waals surface area contributed by atoms with Crippen molar-refractivity contribution < 1.29 is 9.13 Å². The highest BCUT2D eigenvalue weighted by atomic mass is 19.1. The van der Waals surface area contributed by atoms with Crippen LogP contribution in [0.5, 0.6) is 0 Å². The molecule has 1 aromatic heterocycles. The van der Waals surface area contributed by atoms with Crippen molar-refractivity contribution in [3.05, 3.63) is 54.1 Å². The number of rotatable bonds is 8. The zero-order valence-electron chi connectivity index (χ0n) is 16.5. The van der Waals surface area contributed by atoms with Gasteiger partial charge in [-0.25, -0.2) is 4.39 Å². The Kier molecular flexibility index (Phi) is 7.42. The number of hydrogen-bond donors (Lipinski definition) is 2. The summed E-state index contributed by atoms with van der Waals surface area (Å²) < 4.78 is 21.3. The molecule has 0 aliphatic carbocycles. The smallest absolute Gasteiger partial charge is 0.191 e. The molecular weight excluding hydrogens is 357 g/mol. The van der Waals surface area contributed by atoms with E-state index in [0.29, 0.717) is 19.8 Å². The van der Waals surface area contributed by atoms with E-state index in [0.717, 1.165) is 50.4 Å². The number of hydrogen-bond acceptors (Lipinski definition) is 3. The summed E-state index contributed by atoms with van der Waals surface area (Å²) in [5.74, 6) is 0.598. The molecule has 28 heavy (non-hydrogen) atoms. The largest absolute Gasteiger partial charge is 0.381 e. The van der Waals surface area contributed by atoms with Gasteiger partial charge in [0.2, 0.25) is 0 Å². The van der Waals surface area contributed by atoms with Gasteiger partial charge in [-0.05, 0) is 49.9 Å². The van der Waals surface area contributed by atoms with Gasteiger partial charge in [-0.15, -0.1) is 0 Å². The van der Waals surface area contributed by atoms with Crippen molar-refractivity contribution in [2.24, 2.45) is 4.99 Å². The number of ether oxygens (including phenoxy) is 1. The molecule has 0 amide bonds. The molecule has 0 saturated carbocycles. The minimum Gasteiger partial charge on any atom is -0.381 e. The van der Waals surface area contributed by atoms with E-state index in [2.05, 4.69) is 22.7 Å². The third kappa shape index (κ3) is 5.55. The molecule has 0 radical (unpaired) electrons. The highest BCUT2D eigenvalue weighted by Gasteiger charge is 2.34. The first kappa shape index (κ1) is 20.3. The lowest BCUT2D eigenvalue weighted by atomic mass is 9.74. The fourth-order valence-corrected chi connectivity index (χ4v) is 3.57. The predicted octanol–water partition coefficient (Wildman–Crippen LogP) is 2.72. The number of aryl methyl sites for hydroxylation is 1. The van der Waals surface area contributed by atoms with Crippen LogP contribution in [0.3, 0.4) is 0 Å². The summed E-state index contributed by atoms with van der Waals surface area (Å²) in [6, 6.07) is 8.85. The molecular formula is C21H30FN5O. The molecule has 1 aliphatic rings. The molecule has 1 aromatic carbocycles. The fourth-order valence-electron chi connectivity index (χ4n) is 3.57. The number of guanidine groups is 1. The van der Waals surface area contributed by atoms with Gasteiger partial charge in [0.1, 0.15) is 5.82 Å². The van der Waals surface area contributed by atoms with Crippen LogP contribution < -0.4 is 10.6 Å². The Morgan fingerprint density at radius 1 is 1.29 bits per heavy atom. The molecule has 1 saturated heterocycles. The number of benzene rings is 1. The monoisotopic (exact) mass is 387 g/mol. The SMILES string of the molecule is CCNC(=NCC1(c2cccc(F)c2)CCOCC1)NCCCn1cccn1. The Bertz CT molecular complexity index is 741. The van der Waals surface area contributed by atoms with Gasteiger partial charge in [-0.2, -0.15) is 5.10 Å². The van der Waals surface area contributed by atoms with Gasteiger partial charge in [-0.3, -0.25) is 9.67 Å². The lowest BCUT2D eigenvalue weighted by molar-refractivity contribution is 0.0530. The first-order chi connectivity index (χ1) is 13.7. The molecule has 7 heteroatoms. The van der Waals surface area contributed by atoms with E-state index >= 15 is 0 Å². The van der Waals surface area contributed by atoms with Crippen molar-refractivity contribution in [3.8, 4) is 0 Å². The third-order valence-corrected chi connectivity index (χ3v) is 5.19. The van der Waals surface area contributed by atoms with Crippen LogP contribution in [0, 0.1) is 5.82 Å². The number of nitrogens with one attached hydrogen (secondary N) is 2. The molecule has 1 fully saturated rings. The first-order valence-electron chi connectivity index (χ1n) is 10.1. The topological polar surface area (TPSA) is 63.5 Å². The summed E-state index contributed by atoms with van der Waals surface area (Å²) in [6.07, 6.45) is 6.40. The van der Waals surface area contributed by atoms with Gasteiger partial charge >= 0.3 is 0 Å². The predicted molar refractivity (Wildman–Crippen MR) is 109 cm³/mol. The third-order valence-electron chi connectivity index (χ3n) is 5.19. The molecule has 2 aromatic rings. The Balaban J connectivity index is 1.64. The van der Waals surface area contributed by atoms with Crippen LogP contribution in [0.1, 0.15) is 31.7 Å². The summed E-state index contributed by atoms with van der Waals surface area (Å²) in [4.78, 5) is 4.84. The summed E-state index contributed by atoms with van der Waals surface area (Å²) in [5, 5.41) is 10.9. The first-order valence-corrected chi connectivity index (χ1v) is 10.1. The van der Waals surface area contributed by atoms with E-state index in [-0.39, 0.29) is 11.2 Å². The van der Waals surface area contributed by atoms with Crippen molar-refractivity contribution in [3.63, 3.8) is 0 Å². The second-order valence-electron chi connectivity index (χ2n) is 7.15. The second-order valence-corrected chi connectivity index (χ2v) is 7.15. The molecule has 0 unspecified atom stereocenters. The number of halogens is 1. The Hall–Kier alpha value is -2.41. The summed E-state index contributed by atoms with van der Waals surface area (Å²) in [5.41, 5.74) is 0.826. The molecule has 0 atom stereocenters. The molecule has 2 N–H and O–H groups in total. The summed E-state index contributed by atoms with van der Waals surface area (Å²) in [6.45, 7) is 6.48. The quantitative estimate of drug-likeness (QED) is 0.415. The van der Waals surface area contributed by atoms with E-state index in [9.17, 15) is 4.39 Å². The average molecular weight is 388 g/mol. The van der Waals surface area contributed by atoms with Crippen LogP contribution in [0.2, 0.25) is 0 Å². The normalized spacial score (nSPS) is 16.7. The summed E-state index contributed by atoms with van der Waals surface area (Å²) >= 11 is 0. The van der Waals surface area contributed by atoms with Gasteiger partial charge in [0.25, 0.3) is 0 Å². The Labute approximate surface area is 166 Å². The van der Waals surface area contributed by atoms with Crippen LogP contribution in [-0.2, 0) is 16.7 Å². The van der Waals surface area contributed by atoms with Crippen LogP contribution >= 0.6 is 0 Å². The van der Waals surface area contributed by atoms with Crippen LogP contribution in [0.25, 0.3) is 0 Å². The highest BCUT2D eigenvalue weighted by molar-refractivity contribution is 5.79. The molecule has 1 aliphatic heterocycles. The van der Waals surface area contributed by atoms with Gasteiger partial charge < -0.3 is 15.4 Å². The van der Waals surface area contributed by atoms with E-state index in [4.69, 9.17) is 9.73 Å². The maximum Gasteiger partial charge on any atom is 0.191 e. The van der Waals surface area contributed by atoms with Crippen molar-refractivity contribution >= 4 is 5.96 Å². The fraction of sp³-hybridized carbons (Fsp3) is 0.524. The number of aliphatic imine (C=N–C) groups is 1. The van der Waals surface area contributed by atoms with Gasteiger partial charge in [0, 0.05) is 50.7 Å². The van der Waals surface area contributed by atoms with Gasteiger partial charge in [-0.1, -0.05) is 12.1 Å². The van der Waals surface area contributed by atoms with Crippen molar-refractivity contribution in [2.75, 3.05) is 32.8 Å². The zero-order valence-corrected chi connectivity index (χ0v) is 16.5. The van der Waals surface area contributed by atoms with E-state index in [1.54, 1.807) is 18.3 Å². The zero-order chi connectivity index (χ0) is 19.7. The Morgan fingerprint density at radius 2 is 2.14 bits per heavy atom. The van der Waals surface area contributed by atoms with E-state index in [1.165, 1.54) is 6.07 Å². The summed E-state index contributed by atoms with van der Waals surface area (Å²) in [7, 11) is 0. The Morgan fingerprint density at radius 3 is 2.86 bits per heavy atom. The molecule has 3 rings (SSSR count). The van der Waals surface area contributed by atoms with Crippen LogP contribution in [-0.4, -0.2) is 48.6 Å². The van der Waals surface area contributed by atoms with E-state index < -0.39 is 0 Å². The highest BCUT2D eigenvalue weighted by Crippen LogP contribution is 2.35. The minimum absolute atomic E-state index is 0.183. The van der Waals surface area contributed by atoms with Crippen molar-refractivity contribution in [2.45, 2.75) is 38.1 Å². The van der Waals surface area contributed by atoms with Gasteiger partial charge in [0.05, 0.1) is 6.54 Å². The lowest BCUT2D eigenvalue weighted by Gasteiger charge is -2.36. The maximum absolute atomic E-state index is 13.8. The molecule has 152 valence electrons. The molecule has 0 spiro atoms. The minimum atomic E-state index is -0.198. The van der Waals surface area contributed by atoms with Crippen LogP contribution in [0.4, 0.5) is 4.39 Å². The maximum atomic E-state index is 13.8. The number of nitrogens with zero attached hydrogens (tertiary/aromatic N) is 3. The second kappa shape index (κ2) is 10.2. The van der Waals surface area contributed by atoms with Crippen LogP contribution in [0.15, 0.2) is 47.7 Å². The van der Waals surface area contributed by atoms with E-state index in [1.807, 2.05) is 23.0 Å². The van der Waals surface area contributed by atoms with Crippen molar-refractivity contribution in [1.82, 2.24) is 20.4 Å². The average Bonchev–Trinajstić information content (AvgIpc) is 3.23. The lowest BCUT2D eigenvalue weighted by Crippen LogP contribution is -2.41. The molecule has 6 nitrogen and oxygen atoms in total. The molecule has 2 heterocycles. The number of aromatic nitrogens is 2.